The van der Waals surface area contributed by atoms with E-state index in [0.29, 0.717) is 16.4 Å². The first-order valence-electron chi connectivity index (χ1n) is 6.28. The Morgan fingerprint density at radius 2 is 1.67 bits per heavy atom. The summed E-state index contributed by atoms with van der Waals surface area (Å²) in [7, 11) is 0. The van der Waals surface area contributed by atoms with Crippen LogP contribution in [-0.2, 0) is 19.2 Å². The smallest absolute Gasteiger partial charge is 0.370 e. The second-order valence-corrected chi connectivity index (χ2v) is 4.41. The number of nitrogens with zero attached hydrogens (tertiary/aromatic N) is 1. The van der Waals surface area contributed by atoms with Crippen molar-refractivity contribution in [2.75, 3.05) is 6.61 Å². The van der Waals surface area contributed by atoms with Gasteiger partial charge in [-0.2, -0.15) is 0 Å². The molecule has 0 aliphatic carbocycles. The number of hydrogen-bond donors (Lipinski definition) is 0. The van der Waals surface area contributed by atoms with Crippen LogP contribution >= 0.6 is 0 Å². The quantitative estimate of drug-likeness (QED) is 0.591. The van der Waals surface area contributed by atoms with Crippen molar-refractivity contribution in [3.63, 3.8) is 0 Å². The number of ketones is 1. The van der Waals surface area contributed by atoms with Gasteiger partial charge in [-0.15, -0.1) is 5.06 Å². The molecule has 1 aromatic rings. The zero-order valence-electron chi connectivity index (χ0n) is 11.3. The minimum atomic E-state index is -0.853. The molecule has 0 N–H and O–H groups in total. The minimum absolute atomic E-state index is 0.0411. The zero-order chi connectivity index (χ0) is 15.4. The molecule has 7 heteroatoms. The van der Waals surface area contributed by atoms with Crippen molar-refractivity contribution in [3.05, 3.63) is 29.8 Å². The van der Waals surface area contributed by atoms with Gasteiger partial charge in [0.05, 0.1) is 0 Å². The van der Waals surface area contributed by atoms with E-state index in [1.807, 2.05) is 0 Å². The van der Waals surface area contributed by atoms with Gasteiger partial charge in [-0.1, -0.05) is 0 Å². The van der Waals surface area contributed by atoms with E-state index in [-0.39, 0.29) is 18.6 Å². The number of carbonyl (C=O) groups excluding carboxylic acids is 4. The summed E-state index contributed by atoms with van der Waals surface area (Å²) in [5, 5.41) is 0.463. The SMILES string of the molecule is CC(=O)c1ccc(OCC(=O)ON2C(=O)CCC2=O)cc1. The van der Waals surface area contributed by atoms with Crippen molar-refractivity contribution in [2.45, 2.75) is 19.8 Å². The Hall–Kier alpha value is -2.70. The highest BCUT2D eigenvalue weighted by Crippen LogP contribution is 2.14. The summed E-state index contributed by atoms with van der Waals surface area (Å²) in [6.07, 6.45) is 0.0823. The number of rotatable bonds is 5. The molecule has 1 aliphatic rings. The third-order valence-electron chi connectivity index (χ3n) is 2.82. The molecule has 1 saturated heterocycles. The highest BCUT2D eigenvalue weighted by molar-refractivity contribution is 6.01. The first-order valence-corrected chi connectivity index (χ1v) is 6.28. The maximum absolute atomic E-state index is 11.5. The van der Waals surface area contributed by atoms with Crippen LogP contribution in [0.15, 0.2) is 24.3 Å². The Balaban J connectivity index is 1.85. The number of amides is 2. The Morgan fingerprint density at radius 3 is 2.19 bits per heavy atom. The normalized spacial score (nSPS) is 14.2. The summed E-state index contributed by atoms with van der Waals surface area (Å²) in [6, 6.07) is 6.21. The summed E-state index contributed by atoms with van der Waals surface area (Å²) in [5.74, 6) is -1.64. The van der Waals surface area contributed by atoms with Crippen molar-refractivity contribution in [1.82, 2.24) is 5.06 Å². The summed E-state index contributed by atoms with van der Waals surface area (Å²) >= 11 is 0. The van der Waals surface area contributed by atoms with Crippen molar-refractivity contribution >= 4 is 23.6 Å². The van der Waals surface area contributed by atoms with Gasteiger partial charge in [-0.3, -0.25) is 14.4 Å². The molecule has 0 saturated carbocycles. The fourth-order valence-electron chi connectivity index (χ4n) is 1.71. The number of carbonyl (C=O) groups is 4. The Morgan fingerprint density at radius 1 is 1.10 bits per heavy atom. The second-order valence-electron chi connectivity index (χ2n) is 4.41. The lowest BCUT2D eigenvalue weighted by molar-refractivity contribution is -0.198. The summed E-state index contributed by atoms with van der Waals surface area (Å²) in [6.45, 7) is 0.994. The van der Waals surface area contributed by atoms with Gasteiger partial charge in [0.1, 0.15) is 5.75 Å². The standard InChI is InChI=1S/C14H13NO6/c1-9(16)10-2-4-11(5-3-10)20-8-14(19)21-15-12(17)6-7-13(15)18/h2-5H,6-8H2,1H3. The van der Waals surface area contributed by atoms with Crippen LogP contribution in [0.2, 0.25) is 0 Å². The molecule has 0 aromatic heterocycles. The molecule has 1 fully saturated rings. The molecule has 0 atom stereocenters. The van der Waals surface area contributed by atoms with Gasteiger partial charge in [-0.25, -0.2) is 4.79 Å². The highest BCUT2D eigenvalue weighted by Gasteiger charge is 2.32. The molecule has 1 aromatic carbocycles. The topological polar surface area (TPSA) is 90.0 Å². The third-order valence-corrected chi connectivity index (χ3v) is 2.82. The number of hydroxylamine groups is 2. The van der Waals surface area contributed by atoms with Crippen molar-refractivity contribution in [2.24, 2.45) is 0 Å². The highest BCUT2D eigenvalue weighted by atomic mass is 16.7. The van der Waals surface area contributed by atoms with Gasteiger partial charge >= 0.3 is 5.97 Å². The first kappa shape index (κ1) is 14.7. The molecule has 110 valence electrons. The van der Waals surface area contributed by atoms with Crippen molar-refractivity contribution in [1.29, 1.82) is 0 Å². The van der Waals surface area contributed by atoms with Crippen molar-refractivity contribution < 1.29 is 28.8 Å². The molecular formula is C14H13NO6. The Kier molecular flexibility index (Phi) is 4.32. The van der Waals surface area contributed by atoms with E-state index in [0.717, 1.165) is 0 Å². The van der Waals surface area contributed by atoms with E-state index in [1.54, 1.807) is 12.1 Å². The van der Waals surface area contributed by atoms with Crippen LogP contribution in [0.3, 0.4) is 0 Å². The maximum Gasteiger partial charge on any atom is 0.370 e. The molecular weight excluding hydrogens is 278 g/mol. The molecule has 0 spiro atoms. The first-order chi connectivity index (χ1) is 9.97. The van der Waals surface area contributed by atoms with Crippen LogP contribution < -0.4 is 4.74 Å². The zero-order valence-corrected chi connectivity index (χ0v) is 11.3. The van der Waals surface area contributed by atoms with Crippen LogP contribution in [0.4, 0.5) is 0 Å². The van der Waals surface area contributed by atoms with Gasteiger partial charge in [0, 0.05) is 18.4 Å². The largest absolute Gasteiger partial charge is 0.482 e. The summed E-state index contributed by atoms with van der Waals surface area (Å²) in [5.41, 5.74) is 0.526. The van der Waals surface area contributed by atoms with E-state index in [4.69, 9.17) is 4.74 Å². The van der Waals surface area contributed by atoms with Gasteiger partial charge in [0.25, 0.3) is 11.8 Å². The van der Waals surface area contributed by atoms with Gasteiger partial charge < -0.3 is 9.57 Å². The van der Waals surface area contributed by atoms with Gasteiger partial charge in [-0.05, 0) is 31.2 Å². The fourth-order valence-corrected chi connectivity index (χ4v) is 1.71. The van der Waals surface area contributed by atoms with E-state index >= 15 is 0 Å². The van der Waals surface area contributed by atoms with E-state index < -0.39 is 24.4 Å². The van der Waals surface area contributed by atoms with Crippen LogP contribution in [0.1, 0.15) is 30.1 Å². The number of hydrogen-bond acceptors (Lipinski definition) is 6. The predicted octanol–water partition coefficient (Wildman–Crippen LogP) is 0.875. The number of imide groups is 1. The lowest BCUT2D eigenvalue weighted by atomic mass is 10.1. The molecule has 2 rings (SSSR count). The molecule has 0 bridgehead atoms. The summed E-state index contributed by atoms with van der Waals surface area (Å²) < 4.78 is 5.15. The number of Topliss-reactive ketones (excluding diaryl/α,β-unsaturated/α-hetero) is 1. The molecule has 7 nitrogen and oxygen atoms in total. The average molecular weight is 291 g/mol. The lowest BCUT2D eigenvalue weighted by Gasteiger charge is -2.12. The Bertz CT molecular complexity index is 576. The maximum atomic E-state index is 11.5. The predicted molar refractivity (Wildman–Crippen MR) is 69.1 cm³/mol. The molecule has 0 radical (unpaired) electrons. The lowest BCUT2D eigenvalue weighted by Crippen LogP contribution is -2.33. The Labute approximate surface area is 120 Å². The minimum Gasteiger partial charge on any atom is -0.482 e. The fraction of sp³-hybridized carbons (Fsp3) is 0.286. The van der Waals surface area contributed by atoms with E-state index in [2.05, 4.69) is 4.84 Å². The summed E-state index contributed by atoms with van der Waals surface area (Å²) in [4.78, 5) is 49.7. The van der Waals surface area contributed by atoms with E-state index in [1.165, 1.54) is 19.1 Å². The van der Waals surface area contributed by atoms with Crippen molar-refractivity contribution in [3.8, 4) is 5.75 Å². The average Bonchev–Trinajstić information content (AvgIpc) is 2.77. The monoisotopic (exact) mass is 291 g/mol. The number of benzene rings is 1. The second kappa shape index (κ2) is 6.17. The molecule has 1 aliphatic heterocycles. The van der Waals surface area contributed by atoms with Crippen LogP contribution in [0.5, 0.6) is 5.75 Å². The third kappa shape index (κ3) is 3.65. The number of ether oxygens (including phenoxy) is 1. The van der Waals surface area contributed by atoms with Crippen LogP contribution in [0, 0.1) is 0 Å². The molecule has 0 unspecified atom stereocenters. The molecule has 1 heterocycles. The molecule has 2 amide bonds. The van der Waals surface area contributed by atoms with E-state index in [9.17, 15) is 19.2 Å². The molecule has 21 heavy (non-hydrogen) atoms. The van der Waals surface area contributed by atoms with Crippen LogP contribution in [-0.4, -0.2) is 35.2 Å². The van der Waals surface area contributed by atoms with Crippen LogP contribution in [0.25, 0.3) is 0 Å². The van der Waals surface area contributed by atoms with Gasteiger partial charge in [0.15, 0.2) is 12.4 Å². The van der Waals surface area contributed by atoms with Gasteiger partial charge in [0.2, 0.25) is 0 Å².